The van der Waals surface area contributed by atoms with Gasteiger partial charge in [-0.25, -0.2) is 4.79 Å². The van der Waals surface area contributed by atoms with Crippen molar-refractivity contribution in [2.75, 3.05) is 13.1 Å². The zero-order valence-corrected chi connectivity index (χ0v) is 11.2. The van der Waals surface area contributed by atoms with Crippen LogP contribution in [-0.4, -0.2) is 57.4 Å². The van der Waals surface area contributed by atoms with Crippen LogP contribution in [0.2, 0.25) is 0 Å². The van der Waals surface area contributed by atoms with Crippen molar-refractivity contribution >= 4 is 11.9 Å². The molecule has 2 atom stereocenters. The first-order chi connectivity index (χ1) is 9.54. The Hall–Kier alpha value is -1.89. The quantitative estimate of drug-likeness (QED) is 0.844. The van der Waals surface area contributed by atoms with Crippen molar-refractivity contribution in [3.8, 4) is 0 Å². The van der Waals surface area contributed by atoms with E-state index in [1.54, 1.807) is 13.0 Å². The Labute approximate surface area is 115 Å². The van der Waals surface area contributed by atoms with Crippen LogP contribution in [0.15, 0.2) is 6.07 Å². The maximum Gasteiger partial charge on any atom is 0.334 e. The molecule has 2 fully saturated rings. The smallest absolute Gasteiger partial charge is 0.334 e. The van der Waals surface area contributed by atoms with Crippen molar-refractivity contribution in [3.63, 3.8) is 0 Å². The van der Waals surface area contributed by atoms with Gasteiger partial charge in [-0.1, -0.05) is 0 Å². The Morgan fingerprint density at radius 2 is 2.20 bits per heavy atom. The van der Waals surface area contributed by atoms with E-state index in [4.69, 9.17) is 9.84 Å². The lowest BCUT2D eigenvalue weighted by Gasteiger charge is -2.34. The van der Waals surface area contributed by atoms with Gasteiger partial charge in [-0.15, -0.1) is 0 Å². The summed E-state index contributed by atoms with van der Waals surface area (Å²) in [5.41, 5.74) is 1.34. The molecule has 108 valence electrons. The van der Waals surface area contributed by atoms with Crippen LogP contribution < -0.4 is 0 Å². The summed E-state index contributed by atoms with van der Waals surface area (Å²) in [6, 6.07) is 1.77. The fourth-order valence-corrected chi connectivity index (χ4v) is 2.47. The van der Waals surface area contributed by atoms with E-state index >= 15 is 0 Å². The van der Waals surface area contributed by atoms with Gasteiger partial charge in [0.2, 0.25) is 0 Å². The molecule has 0 radical (unpaired) electrons. The molecular formula is C13H17N3O4. The summed E-state index contributed by atoms with van der Waals surface area (Å²) in [7, 11) is 0. The topological polar surface area (TPSA) is 95.5 Å². The molecule has 1 aliphatic heterocycles. The number of H-pyrrole nitrogens is 1. The van der Waals surface area contributed by atoms with Gasteiger partial charge in [0.25, 0.3) is 5.91 Å². The molecule has 0 aromatic carbocycles. The second kappa shape index (κ2) is 4.90. The molecule has 2 aliphatic rings. The molecule has 1 aliphatic carbocycles. The van der Waals surface area contributed by atoms with E-state index in [1.165, 1.54) is 4.90 Å². The Kier molecular flexibility index (Phi) is 3.21. The average Bonchev–Trinajstić information content (AvgIpc) is 3.15. The number of aliphatic carboxylic acids is 1. The van der Waals surface area contributed by atoms with E-state index in [1.807, 2.05) is 0 Å². The maximum absolute atomic E-state index is 12.4. The van der Waals surface area contributed by atoms with Gasteiger partial charge in [0.1, 0.15) is 5.69 Å². The molecule has 1 amide bonds. The number of aromatic amines is 1. The third-order valence-electron chi connectivity index (χ3n) is 3.66. The minimum Gasteiger partial charge on any atom is -0.479 e. The van der Waals surface area contributed by atoms with E-state index in [-0.39, 0.29) is 18.6 Å². The number of nitrogens with one attached hydrogen (secondary N) is 1. The number of hydrogen-bond donors (Lipinski definition) is 2. The number of amides is 1. The Morgan fingerprint density at radius 1 is 1.45 bits per heavy atom. The van der Waals surface area contributed by atoms with Gasteiger partial charge in [0.15, 0.2) is 6.10 Å². The van der Waals surface area contributed by atoms with Gasteiger partial charge in [-0.3, -0.25) is 9.89 Å². The first-order valence-corrected chi connectivity index (χ1v) is 6.77. The highest BCUT2D eigenvalue weighted by Gasteiger charge is 2.34. The zero-order chi connectivity index (χ0) is 14.3. The minimum atomic E-state index is -1.05. The van der Waals surface area contributed by atoms with Crippen molar-refractivity contribution in [1.29, 1.82) is 0 Å². The molecule has 1 aromatic rings. The summed E-state index contributed by atoms with van der Waals surface area (Å²) in [6.45, 7) is 2.20. The zero-order valence-electron chi connectivity index (χ0n) is 11.2. The van der Waals surface area contributed by atoms with Crippen LogP contribution >= 0.6 is 0 Å². The number of carbonyl (C=O) groups excluding carboxylic acids is 1. The van der Waals surface area contributed by atoms with Gasteiger partial charge in [0, 0.05) is 18.2 Å². The lowest BCUT2D eigenvalue weighted by atomic mass is 10.2. The number of hydrogen-bond acceptors (Lipinski definition) is 4. The lowest BCUT2D eigenvalue weighted by Crippen LogP contribution is -2.51. The van der Waals surface area contributed by atoms with Crippen LogP contribution in [0.25, 0.3) is 0 Å². The number of aromatic nitrogens is 2. The number of carbonyl (C=O) groups is 2. The second-order valence-corrected chi connectivity index (χ2v) is 5.47. The Balaban J connectivity index is 1.72. The highest BCUT2D eigenvalue weighted by atomic mass is 16.5. The van der Waals surface area contributed by atoms with Gasteiger partial charge in [0.05, 0.1) is 12.6 Å². The van der Waals surface area contributed by atoms with Crippen LogP contribution in [0.3, 0.4) is 0 Å². The summed E-state index contributed by atoms with van der Waals surface area (Å²) in [4.78, 5) is 24.9. The summed E-state index contributed by atoms with van der Waals surface area (Å²) < 4.78 is 5.30. The molecule has 3 rings (SSSR count). The molecule has 20 heavy (non-hydrogen) atoms. The van der Waals surface area contributed by atoms with Crippen LogP contribution in [0.4, 0.5) is 0 Å². The van der Waals surface area contributed by atoms with Gasteiger partial charge < -0.3 is 14.7 Å². The molecule has 1 unspecified atom stereocenters. The summed E-state index contributed by atoms with van der Waals surface area (Å²) in [6.07, 6.45) is 0.997. The highest BCUT2D eigenvalue weighted by molar-refractivity contribution is 5.93. The van der Waals surface area contributed by atoms with E-state index in [2.05, 4.69) is 10.2 Å². The number of carboxylic acid groups (broad SMARTS) is 1. The Morgan fingerprint density at radius 3 is 2.85 bits per heavy atom. The molecule has 0 spiro atoms. The summed E-state index contributed by atoms with van der Waals surface area (Å²) in [5, 5.41) is 16.0. The molecule has 0 bridgehead atoms. The normalized spacial score (nSPS) is 26.6. The molecule has 1 aromatic heterocycles. The fourth-order valence-electron chi connectivity index (χ4n) is 2.47. The van der Waals surface area contributed by atoms with Gasteiger partial charge in [-0.2, -0.15) is 5.10 Å². The van der Waals surface area contributed by atoms with Crippen molar-refractivity contribution in [3.05, 3.63) is 17.5 Å². The monoisotopic (exact) mass is 279 g/mol. The minimum absolute atomic E-state index is 0.0597. The number of carboxylic acids is 1. The molecule has 1 saturated heterocycles. The third-order valence-corrected chi connectivity index (χ3v) is 3.66. The third kappa shape index (κ3) is 2.53. The molecule has 2 heterocycles. The number of ether oxygens (including phenoxy) is 1. The van der Waals surface area contributed by atoms with Crippen LogP contribution in [0.1, 0.15) is 41.9 Å². The molecule has 2 N–H and O–H groups in total. The molecule has 7 heteroatoms. The van der Waals surface area contributed by atoms with Gasteiger partial charge in [-0.05, 0) is 25.8 Å². The molecule has 1 saturated carbocycles. The Bertz CT molecular complexity index is 537. The van der Waals surface area contributed by atoms with Crippen LogP contribution in [-0.2, 0) is 9.53 Å². The van der Waals surface area contributed by atoms with Crippen molar-refractivity contribution in [1.82, 2.24) is 15.1 Å². The lowest BCUT2D eigenvalue weighted by molar-refractivity contribution is -0.160. The number of nitrogens with zero attached hydrogens (tertiary/aromatic N) is 2. The van der Waals surface area contributed by atoms with Crippen molar-refractivity contribution < 1.29 is 19.4 Å². The van der Waals surface area contributed by atoms with E-state index in [0.29, 0.717) is 18.2 Å². The van der Waals surface area contributed by atoms with E-state index in [0.717, 1.165) is 18.5 Å². The summed E-state index contributed by atoms with van der Waals surface area (Å²) >= 11 is 0. The van der Waals surface area contributed by atoms with Crippen LogP contribution in [0.5, 0.6) is 0 Å². The largest absolute Gasteiger partial charge is 0.479 e. The summed E-state index contributed by atoms with van der Waals surface area (Å²) in [5.74, 6) is -0.788. The van der Waals surface area contributed by atoms with Crippen molar-refractivity contribution in [2.45, 2.75) is 37.9 Å². The SMILES string of the molecule is C[C@@H]1CN(C(=O)c2cc(C3CC3)[nH]n2)CC(C(=O)O)O1. The number of rotatable bonds is 3. The predicted molar refractivity (Wildman–Crippen MR) is 68.4 cm³/mol. The maximum atomic E-state index is 12.4. The van der Waals surface area contributed by atoms with Crippen molar-refractivity contribution in [2.24, 2.45) is 0 Å². The average molecular weight is 279 g/mol. The fraction of sp³-hybridized carbons (Fsp3) is 0.615. The number of morpholine rings is 1. The molecular weight excluding hydrogens is 262 g/mol. The predicted octanol–water partition coefficient (Wildman–Crippen LogP) is 0.601. The molecule has 7 nitrogen and oxygen atoms in total. The van der Waals surface area contributed by atoms with E-state index in [9.17, 15) is 9.59 Å². The first kappa shape index (κ1) is 13.1. The van der Waals surface area contributed by atoms with E-state index < -0.39 is 12.1 Å². The first-order valence-electron chi connectivity index (χ1n) is 6.77. The van der Waals surface area contributed by atoms with Crippen LogP contribution in [0, 0.1) is 0 Å². The second-order valence-electron chi connectivity index (χ2n) is 5.47. The standard InChI is InChI=1S/C13H17N3O4/c1-7-5-16(6-11(20-7)13(18)19)12(17)10-4-9(14-15-10)8-2-3-8/h4,7-8,11H,2-3,5-6H2,1H3,(H,14,15)(H,18,19)/t7-,11?/m1/s1. The highest BCUT2D eigenvalue weighted by Crippen LogP contribution is 2.39. The van der Waals surface area contributed by atoms with Gasteiger partial charge >= 0.3 is 5.97 Å².